The van der Waals surface area contributed by atoms with Gasteiger partial charge in [-0.05, 0) is 60.3 Å². The summed E-state index contributed by atoms with van der Waals surface area (Å²) in [4.78, 5) is 49.9. The molecule has 4 rings (SSSR count). The first kappa shape index (κ1) is 24.4. The molecule has 0 saturated carbocycles. The molecule has 2 heterocycles. The van der Waals surface area contributed by atoms with Crippen LogP contribution in [0.1, 0.15) is 20.9 Å². The lowest BCUT2D eigenvalue weighted by molar-refractivity contribution is -0.136. The Morgan fingerprint density at radius 1 is 0.972 bits per heavy atom. The zero-order valence-corrected chi connectivity index (χ0v) is 20.1. The largest absolute Gasteiger partial charge is 0.422 e. The number of rotatable bonds is 6. The molecule has 182 valence electrons. The monoisotopic (exact) mass is 503 g/mol. The average Bonchev–Trinajstić information content (AvgIpc) is 3.49. The number of carbonyl (C=O) groups excluding carboxylic acids is 3. The van der Waals surface area contributed by atoms with Crippen molar-refractivity contribution in [3.8, 4) is 11.4 Å². The molecule has 0 aliphatic heterocycles. The molecular weight excluding hydrogens is 482 g/mol. The van der Waals surface area contributed by atoms with Crippen molar-refractivity contribution in [1.29, 1.82) is 0 Å². The molecule has 0 radical (unpaired) electrons. The predicted molar refractivity (Wildman–Crippen MR) is 136 cm³/mol. The molecule has 4 aromatic rings. The van der Waals surface area contributed by atoms with Crippen molar-refractivity contribution in [2.24, 2.45) is 12.1 Å². The number of para-hydroxylation sites is 1. The van der Waals surface area contributed by atoms with Crippen molar-refractivity contribution in [1.82, 2.24) is 14.8 Å². The number of hydrogen-bond donors (Lipinski definition) is 2. The van der Waals surface area contributed by atoms with Crippen LogP contribution in [0.2, 0.25) is 0 Å². The average molecular weight is 504 g/mol. The number of aromatic nitrogens is 2. The van der Waals surface area contributed by atoms with E-state index in [0.717, 1.165) is 0 Å². The summed E-state index contributed by atoms with van der Waals surface area (Å²) < 4.78 is 8.26. The standard InChI is InChI=1S/C25H21N5O5S/c1-16-21(24(33)30(29(16)2)18-7-4-3-5-8-18)27-22(31)23(32)28-26-15-17-10-12-19(13-11-17)35-25(34)20-9-6-14-36-20/h3-15H,1-2H3,(H,27,31)(H,28,32)/b26-15+. The highest BCUT2D eigenvalue weighted by Gasteiger charge is 2.21. The van der Waals surface area contributed by atoms with Gasteiger partial charge in [-0.15, -0.1) is 11.3 Å². The lowest BCUT2D eigenvalue weighted by atomic mass is 10.2. The van der Waals surface area contributed by atoms with E-state index in [-0.39, 0.29) is 5.69 Å². The van der Waals surface area contributed by atoms with Crippen LogP contribution in [-0.4, -0.2) is 33.4 Å². The van der Waals surface area contributed by atoms with Crippen LogP contribution in [0.4, 0.5) is 5.69 Å². The van der Waals surface area contributed by atoms with Gasteiger partial charge in [0.2, 0.25) is 0 Å². The van der Waals surface area contributed by atoms with E-state index in [1.54, 1.807) is 84.7 Å². The van der Waals surface area contributed by atoms with Crippen LogP contribution in [0.25, 0.3) is 5.69 Å². The fraction of sp³-hybridized carbons (Fsp3) is 0.0800. The van der Waals surface area contributed by atoms with Crippen LogP contribution in [0.15, 0.2) is 82.0 Å². The molecule has 11 heteroatoms. The van der Waals surface area contributed by atoms with E-state index in [9.17, 15) is 19.2 Å². The minimum Gasteiger partial charge on any atom is -0.422 e. The number of thiophene rings is 1. The van der Waals surface area contributed by atoms with Crippen LogP contribution in [0.5, 0.6) is 5.75 Å². The van der Waals surface area contributed by atoms with Gasteiger partial charge in [-0.2, -0.15) is 5.10 Å². The second-order valence-electron chi connectivity index (χ2n) is 7.53. The van der Waals surface area contributed by atoms with Crippen molar-refractivity contribution in [2.45, 2.75) is 6.92 Å². The van der Waals surface area contributed by atoms with E-state index in [1.165, 1.54) is 22.2 Å². The van der Waals surface area contributed by atoms with Crippen molar-refractivity contribution >= 4 is 41.0 Å². The first-order chi connectivity index (χ1) is 17.3. The lowest BCUT2D eigenvalue weighted by Crippen LogP contribution is -2.34. The fourth-order valence-corrected chi connectivity index (χ4v) is 3.87. The second kappa shape index (κ2) is 10.7. The van der Waals surface area contributed by atoms with Crippen molar-refractivity contribution in [3.05, 3.63) is 98.6 Å². The summed E-state index contributed by atoms with van der Waals surface area (Å²) in [6, 6.07) is 18.8. The van der Waals surface area contributed by atoms with Gasteiger partial charge in [0, 0.05) is 7.05 Å². The van der Waals surface area contributed by atoms with Crippen LogP contribution >= 0.6 is 11.3 Å². The van der Waals surface area contributed by atoms with E-state index in [0.29, 0.717) is 27.6 Å². The summed E-state index contributed by atoms with van der Waals surface area (Å²) >= 11 is 1.28. The molecule has 0 aliphatic carbocycles. The van der Waals surface area contributed by atoms with Crippen LogP contribution in [0, 0.1) is 6.92 Å². The van der Waals surface area contributed by atoms with E-state index in [2.05, 4.69) is 15.8 Å². The Balaban J connectivity index is 1.36. The number of nitrogens with zero attached hydrogens (tertiary/aromatic N) is 3. The molecule has 0 unspecified atom stereocenters. The molecule has 0 atom stereocenters. The van der Waals surface area contributed by atoms with E-state index in [1.807, 2.05) is 6.07 Å². The molecular formula is C25H21N5O5S. The highest BCUT2D eigenvalue weighted by molar-refractivity contribution is 7.12. The molecule has 10 nitrogen and oxygen atoms in total. The fourth-order valence-electron chi connectivity index (χ4n) is 3.27. The van der Waals surface area contributed by atoms with Gasteiger partial charge in [0.05, 0.1) is 17.6 Å². The van der Waals surface area contributed by atoms with Crippen LogP contribution in [-0.2, 0) is 16.6 Å². The van der Waals surface area contributed by atoms with Crippen LogP contribution in [0.3, 0.4) is 0 Å². The van der Waals surface area contributed by atoms with Gasteiger partial charge < -0.3 is 10.1 Å². The van der Waals surface area contributed by atoms with Gasteiger partial charge in [0.1, 0.15) is 16.3 Å². The first-order valence-corrected chi connectivity index (χ1v) is 11.6. The summed E-state index contributed by atoms with van der Waals surface area (Å²) in [5.41, 5.74) is 3.35. The van der Waals surface area contributed by atoms with Crippen LogP contribution < -0.4 is 21.0 Å². The zero-order valence-electron chi connectivity index (χ0n) is 19.3. The number of nitrogens with one attached hydrogen (secondary N) is 2. The number of amides is 2. The van der Waals surface area contributed by atoms with Gasteiger partial charge in [-0.25, -0.2) is 14.9 Å². The summed E-state index contributed by atoms with van der Waals surface area (Å²) in [6.45, 7) is 1.66. The number of hydrazone groups is 1. The third-order valence-electron chi connectivity index (χ3n) is 5.19. The Bertz CT molecular complexity index is 1490. The second-order valence-corrected chi connectivity index (χ2v) is 8.47. The molecule has 2 aromatic heterocycles. The van der Waals surface area contributed by atoms with Gasteiger partial charge in [-0.3, -0.25) is 19.1 Å². The molecule has 2 aromatic carbocycles. The van der Waals surface area contributed by atoms with Gasteiger partial charge in [0.15, 0.2) is 0 Å². The molecule has 0 fully saturated rings. The zero-order chi connectivity index (χ0) is 25.7. The number of carbonyl (C=O) groups is 3. The molecule has 0 bridgehead atoms. The number of benzene rings is 2. The normalized spacial score (nSPS) is 10.8. The van der Waals surface area contributed by atoms with Crippen molar-refractivity contribution < 1.29 is 19.1 Å². The van der Waals surface area contributed by atoms with E-state index in [4.69, 9.17) is 4.74 Å². The molecule has 0 aliphatic rings. The van der Waals surface area contributed by atoms with Crippen molar-refractivity contribution in [2.75, 3.05) is 5.32 Å². The lowest BCUT2D eigenvalue weighted by Gasteiger charge is -2.07. The van der Waals surface area contributed by atoms with Gasteiger partial charge in [-0.1, -0.05) is 24.3 Å². The summed E-state index contributed by atoms with van der Waals surface area (Å²) in [6.07, 6.45) is 1.33. The molecule has 36 heavy (non-hydrogen) atoms. The highest BCUT2D eigenvalue weighted by Crippen LogP contribution is 2.16. The number of hydrogen-bond acceptors (Lipinski definition) is 7. The minimum absolute atomic E-state index is 0.00170. The number of ether oxygens (including phenoxy) is 1. The minimum atomic E-state index is -1.04. The summed E-state index contributed by atoms with van der Waals surface area (Å²) in [5, 5.41) is 7.92. The van der Waals surface area contributed by atoms with E-state index >= 15 is 0 Å². The highest BCUT2D eigenvalue weighted by atomic mass is 32.1. The maximum absolute atomic E-state index is 12.9. The summed E-state index contributed by atoms with van der Waals surface area (Å²) in [7, 11) is 1.68. The van der Waals surface area contributed by atoms with Crippen molar-refractivity contribution in [3.63, 3.8) is 0 Å². The molecule has 2 amide bonds. The maximum Gasteiger partial charge on any atom is 0.353 e. The molecule has 0 saturated heterocycles. The number of esters is 1. The topological polar surface area (TPSA) is 124 Å². The third-order valence-corrected chi connectivity index (χ3v) is 6.04. The Hall–Kier alpha value is -4.77. The van der Waals surface area contributed by atoms with Gasteiger partial charge in [0.25, 0.3) is 5.56 Å². The Labute approximate surface area is 209 Å². The molecule has 2 N–H and O–H groups in total. The Morgan fingerprint density at radius 2 is 1.69 bits per heavy atom. The first-order valence-electron chi connectivity index (χ1n) is 10.7. The SMILES string of the molecule is Cc1c(NC(=O)C(=O)N/N=C/c2ccc(OC(=O)c3cccs3)cc2)c(=O)n(-c2ccccc2)n1C. The predicted octanol–water partition coefficient (Wildman–Crippen LogP) is 2.85. The quantitative estimate of drug-likeness (QED) is 0.138. The third kappa shape index (κ3) is 5.31. The Morgan fingerprint density at radius 3 is 2.36 bits per heavy atom. The van der Waals surface area contributed by atoms with E-state index < -0.39 is 23.3 Å². The Kier molecular flexibility index (Phi) is 7.21. The maximum atomic E-state index is 12.9. The van der Waals surface area contributed by atoms with Gasteiger partial charge >= 0.3 is 17.8 Å². The summed E-state index contributed by atoms with van der Waals surface area (Å²) in [5.74, 6) is -2.17. The number of anilines is 1. The molecule has 0 spiro atoms. The smallest absolute Gasteiger partial charge is 0.353 e.